The van der Waals surface area contributed by atoms with Gasteiger partial charge in [0, 0.05) is 23.4 Å². The molecule has 0 radical (unpaired) electrons. The fourth-order valence-corrected chi connectivity index (χ4v) is 7.97. The van der Waals surface area contributed by atoms with Crippen molar-refractivity contribution < 1.29 is 36.7 Å². The van der Waals surface area contributed by atoms with Crippen LogP contribution in [0.4, 0.5) is 18.9 Å². The highest BCUT2D eigenvalue weighted by Crippen LogP contribution is 2.51. The summed E-state index contributed by atoms with van der Waals surface area (Å²) in [5.41, 5.74) is -1.89. The van der Waals surface area contributed by atoms with E-state index >= 15 is 0 Å². The van der Waals surface area contributed by atoms with Crippen LogP contribution in [0.2, 0.25) is 5.02 Å². The first-order chi connectivity index (χ1) is 15.9. The van der Waals surface area contributed by atoms with Gasteiger partial charge in [-0.05, 0) is 55.7 Å². The predicted octanol–water partition coefficient (Wildman–Crippen LogP) is 4.16. The fourth-order valence-electron chi connectivity index (χ4n) is 5.13. The molecule has 2 aromatic carbocycles. The standard InChI is InChI=1S/C22H20ClF3N2O5S/c23-15-4-3-11(21(29)28-14-6-16(24)19(26)17(25)7-14)5-18(15)34(32,33)20-12-1-2-13(20)9-22(30,8-12)10-27-31/h3-7,10,12-13,20,30-31H,1-2,8-9H2,(H,28,29)/b27-10+/t12?,13?,20-,22-. The van der Waals surface area contributed by atoms with Crippen LogP contribution in [-0.2, 0) is 9.84 Å². The number of nitrogens with zero attached hydrogens (tertiary/aromatic N) is 1. The van der Waals surface area contributed by atoms with E-state index in [1.165, 1.54) is 12.1 Å². The van der Waals surface area contributed by atoms with Crippen LogP contribution in [0.1, 0.15) is 36.0 Å². The highest BCUT2D eigenvalue weighted by Gasteiger charge is 2.54. The van der Waals surface area contributed by atoms with Crippen LogP contribution in [0.25, 0.3) is 0 Å². The smallest absolute Gasteiger partial charge is 0.255 e. The Kier molecular flexibility index (Phi) is 6.38. The molecular weight excluding hydrogens is 497 g/mol. The van der Waals surface area contributed by atoms with Crippen LogP contribution >= 0.6 is 11.6 Å². The summed E-state index contributed by atoms with van der Waals surface area (Å²) in [5.74, 6) is -6.37. The van der Waals surface area contributed by atoms with Gasteiger partial charge in [-0.1, -0.05) is 16.8 Å². The number of amides is 1. The molecule has 0 spiro atoms. The zero-order valence-corrected chi connectivity index (χ0v) is 19.1. The molecule has 2 unspecified atom stereocenters. The van der Waals surface area contributed by atoms with Crippen LogP contribution in [0.15, 0.2) is 40.4 Å². The Balaban J connectivity index is 1.63. The SMILES string of the molecule is O=C(Nc1cc(F)c(F)c(F)c1)c1ccc(Cl)c(S(=O)(=O)[C@H]2C3CCC2C[C@](O)(/C=N/O)C3)c1. The second-order valence-corrected chi connectivity index (χ2v) is 11.2. The topological polar surface area (TPSA) is 116 Å². The fraction of sp³-hybridized carbons (Fsp3) is 0.364. The van der Waals surface area contributed by atoms with Crippen LogP contribution in [0.3, 0.4) is 0 Å². The number of hydrogen-bond acceptors (Lipinski definition) is 6. The molecule has 2 aromatic rings. The van der Waals surface area contributed by atoms with Gasteiger partial charge in [-0.2, -0.15) is 0 Å². The Morgan fingerprint density at radius 3 is 2.26 bits per heavy atom. The van der Waals surface area contributed by atoms with E-state index in [-0.39, 0.29) is 34.0 Å². The Morgan fingerprint density at radius 1 is 1.12 bits per heavy atom. The summed E-state index contributed by atoms with van der Waals surface area (Å²) in [6, 6.07) is 4.76. The van der Waals surface area contributed by atoms with Gasteiger partial charge in [-0.25, -0.2) is 21.6 Å². The molecule has 182 valence electrons. The monoisotopic (exact) mass is 516 g/mol. The normalized spacial score (nSPS) is 26.7. The predicted molar refractivity (Wildman–Crippen MR) is 117 cm³/mol. The van der Waals surface area contributed by atoms with Crippen molar-refractivity contribution >= 4 is 39.2 Å². The van der Waals surface area contributed by atoms with Crippen molar-refractivity contribution in [3.63, 3.8) is 0 Å². The van der Waals surface area contributed by atoms with E-state index < -0.39 is 55.9 Å². The summed E-state index contributed by atoms with van der Waals surface area (Å²) in [5, 5.41) is 23.6. The summed E-state index contributed by atoms with van der Waals surface area (Å²) in [7, 11) is -4.04. The molecule has 2 bridgehead atoms. The van der Waals surface area contributed by atoms with E-state index in [0.29, 0.717) is 25.0 Å². The number of nitrogens with one attached hydrogen (secondary N) is 1. The van der Waals surface area contributed by atoms with Gasteiger partial charge in [-0.3, -0.25) is 4.79 Å². The molecule has 2 aliphatic rings. The maximum absolute atomic E-state index is 13.6. The van der Waals surface area contributed by atoms with Gasteiger partial charge >= 0.3 is 0 Å². The third kappa shape index (κ3) is 4.39. The van der Waals surface area contributed by atoms with Crippen molar-refractivity contribution in [1.82, 2.24) is 0 Å². The minimum atomic E-state index is -4.04. The highest BCUT2D eigenvalue weighted by atomic mass is 35.5. The Hall–Kier alpha value is -2.63. The number of halogens is 4. The Morgan fingerprint density at radius 2 is 1.71 bits per heavy atom. The zero-order valence-electron chi connectivity index (χ0n) is 17.5. The van der Waals surface area contributed by atoms with Crippen LogP contribution in [0.5, 0.6) is 0 Å². The Labute approximate surface area is 198 Å². The summed E-state index contributed by atoms with van der Waals surface area (Å²) >= 11 is 6.19. The molecule has 0 heterocycles. The number of oxime groups is 1. The van der Waals surface area contributed by atoms with Gasteiger partial charge < -0.3 is 15.6 Å². The lowest BCUT2D eigenvalue weighted by atomic mass is 9.78. The van der Waals surface area contributed by atoms with Crippen molar-refractivity contribution in [3.05, 3.63) is 58.4 Å². The molecule has 0 aromatic heterocycles. The van der Waals surface area contributed by atoms with Gasteiger partial charge in [-0.15, -0.1) is 0 Å². The van der Waals surface area contributed by atoms with Gasteiger partial charge in [0.1, 0.15) is 5.60 Å². The number of aliphatic hydroxyl groups is 1. The van der Waals surface area contributed by atoms with E-state index in [1.807, 2.05) is 0 Å². The molecule has 2 aliphatic carbocycles. The molecule has 0 aliphatic heterocycles. The maximum atomic E-state index is 13.6. The third-order valence-corrected chi connectivity index (χ3v) is 9.35. The Bertz CT molecular complexity index is 1250. The molecular formula is C22H20ClF3N2O5S. The van der Waals surface area contributed by atoms with E-state index in [1.54, 1.807) is 0 Å². The number of carbonyl (C=O) groups is 1. The number of fused-ring (bicyclic) bond motifs is 2. The number of sulfone groups is 1. The number of rotatable bonds is 5. The molecule has 34 heavy (non-hydrogen) atoms. The number of benzene rings is 2. The van der Waals surface area contributed by atoms with Crippen molar-refractivity contribution in [1.29, 1.82) is 0 Å². The van der Waals surface area contributed by atoms with Crippen LogP contribution in [-0.4, -0.2) is 41.7 Å². The van der Waals surface area contributed by atoms with Crippen molar-refractivity contribution in [2.24, 2.45) is 17.0 Å². The first kappa shape index (κ1) is 24.5. The zero-order chi connectivity index (χ0) is 24.8. The minimum absolute atomic E-state index is 0.0942. The van der Waals surface area contributed by atoms with Gasteiger partial charge in [0.15, 0.2) is 27.3 Å². The molecule has 12 heteroatoms. The van der Waals surface area contributed by atoms with Gasteiger partial charge in [0.25, 0.3) is 5.91 Å². The van der Waals surface area contributed by atoms with Crippen molar-refractivity contribution in [2.75, 3.05) is 5.32 Å². The summed E-state index contributed by atoms with van der Waals surface area (Å²) in [6.45, 7) is 0. The third-order valence-electron chi connectivity index (χ3n) is 6.47. The van der Waals surface area contributed by atoms with Crippen LogP contribution in [0, 0.1) is 29.3 Å². The van der Waals surface area contributed by atoms with Crippen molar-refractivity contribution in [3.8, 4) is 0 Å². The lowest BCUT2D eigenvalue weighted by Gasteiger charge is -2.38. The lowest BCUT2D eigenvalue weighted by Crippen LogP contribution is -2.47. The van der Waals surface area contributed by atoms with Crippen molar-refractivity contribution in [2.45, 2.75) is 41.4 Å². The summed E-state index contributed by atoms with van der Waals surface area (Å²) < 4.78 is 67.2. The summed E-state index contributed by atoms with van der Waals surface area (Å²) in [6.07, 6.45) is 2.30. The lowest BCUT2D eigenvalue weighted by molar-refractivity contribution is 0.0454. The quantitative estimate of drug-likeness (QED) is 0.239. The molecule has 1 amide bonds. The molecule has 7 nitrogen and oxygen atoms in total. The average molecular weight is 517 g/mol. The maximum Gasteiger partial charge on any atom is 0.255 e. The number of anilines is 1. The van der Waals surface area contributed by atoms with Gasteiger partial charge in [0.05, 0.1) is 21.4 Å². The largest absolute Gasteiger partial charge is 0.411 e. The molecule has 2 atom stereocenters. The average Bonchev–Trinajstić information content (AvgIpc) is 3.05. The van der Waals surface area contributed by atoms with E-state index in [0.717, 1.165) is 12.3 Å². The highest BCUT2D eigenvalue weighted by molar-refractivity contribution is 7.92. The molecule has 2 fully saturated rings. The second-order valence-electron chi connectivity index (χ2n) is 8.72. The number of hydrogen-bond donors (Lipinski definition) is 3. The molecule has 4 rings (SSSR count). The van der Waals surface area contributed by atoms with E-state index in [9.17, 15) is 31.5 Å². The van der Waals surface area contributed by atoms with E-state index in [4.69, 9.17) is 16.8 Å². The second kappa shape index (κ2) is 8.86. The van der Waals surface area contributed by atoms with Crippen LogP contribution < -0.4 is 5.32 Å². The first-order valence-corrected chi connectivity index (χ1v) is 12.3. The minimum Gasteiger partial charge on any atom is -0.411 e. The summed E-state index contributed by atoms with van der Waals surface area (Å²) in [4.78, 5) is 12.4. The molecule has 2 saturated carbocycles. The molecule has 3 N–H and O–H groups in total. The van der Waals surface area contributed by atoms with Gasteiger partial charge in [0.2, 0.25) is 0 Å². The van der Waals surface area contributed by atoms with E-state index in [2.05, 4.69) is 10.5 Å². The molecule has 0 saturated heterocycles. The first-order valence-electron chi connectivity index (χ1n) is 10.4. The number of carbonyl (C=O) groups excluding carboxylic acids is 1.